The largest absolute Gasteiger partial charge is 0.387 e. The standard InChI is InChI=1S/C24H39FN2O5S/c1-3-5-6-7-8-9-10-11-12-13-16-33(31,32)22(4-2)24(30)27-21-15-14-19(17-20(21)25)26-23(29)18-28/h14-15,17,22,28H,3-13,16,18H2,1-2H3,(H,26,29)(H,27,30). The molecule has 0 heterocycles. The number of aliphatic hydroxyl groups is 1. The van der Waals surface area contributed by atoms with Gasteiger partial charge in [-0.15, -0.1) is 0 Å². The van der Waals surface area contributed by atoms with Gasteiger partial charge in [0.2, 0.25) is 11.8 Å². The maximum atomic E-state index is 14.3. The van der Waals surface area contributed by atoms with Crippen LogP contribution in [0.3, 0.4) is 0 Å². The number of nitrogens with one attached hydrogen (secondary N) is 2. The van der Waals surface area contributed by atoms with Crippen molar-refractivity contribution in [3.8, 4) is 0 Å². The summed E-state index contributed by atoms with van der Waals surface area (Å²) in [5.74, 6) is -2.35. The number of hydrogen-bond donors (Lipinski definition) is 3. The van der Waals surface area contributed by atoms with Crippen molar-refractivity contribution in [2.75, 3.05) is 23.0 Å². The number of sulfone groups is 1. The predicted octanol–water partition coefficient (Wildman–Crippen LogP) is 4.81. The number of carbonyl (C=O) groups is 2. The Kier molecular flexibility index (Phi) is 13.9. The van der Waals surface area contributed by atoms with Gasteiger partial charge in [-0.05, 0) is 31.0 Å². The number of halogens is 1. The lowest BCUT2D eigenvalue weighted by molar-refractivity contribution is -0.119. The van der Waals surface area contributed by atoms with E-state index in [9.17, 15) is 22.4 Å². The zero-order valence-electron chi connectivity index (χ0n) is 19.9. The van der Waals surface area contributed by atoms with Gasteiger partial charge >= 0.3 is 0 Å². The highest BCUT2D eigenvalue weighted by molar-refractivity contribution is 7.92. The van der Waals surface area contributed by atoms with Crippen LogP contribution in [0.25, 0.3) is 0 Å². The summed E-state index contributed by atoms with van der Waals surface area (Å²) in [4.78, 5) is 23.8. The van der Waals surface area contributed by atoms with Crippen LogP contribution in [0, 0.1) is 5.82 Å². The molecule has 9 heteroatoms. The molecule has 0 saturated carbocycles. The van der Waals surface area contributed by atoms with Crippen LogP contribution in [0.1, 0.15) is 84.5 Å². The van der Waals surface area contributed by atoms with Gasteiger partial charge in [0.05, 0.1) is 11.4 Å². The topological polar surface area (TPSA) is 113 Å². The first-order valence-corrected chi connectivity index (χ1v) is 13.7. The van der Waals surface area contributed by atoms with Crippen molar-refractivity contribution in [1.29, 1.82) is 0 Å². The van der Waals surface area contributed by atoms with Crippen molar-refractivity contribution in [3.05, 3.63) is 24.0 Å². The van der Waals surface area contributed by atoms with E-state index in [4.69, 9.17) is 5.11 Å². The summed E-state index contributed by atoms with van der Waals surface area (Å²) in [6.45, 7) is 3.07. The van der Waals surface area contributed by atoms with Crippen LogP contribution in [0.15, 0.2) is 18.2 Å². The summed E-state index contributed by atoms with van der Waals surface area (Å²) >= 11 is 0. The van der Waals surface area contributed by atoms with E-state index >= 15 is 0 Å². The Labute approximate surface area is 197 Å². The molecule has 1 unspecified atom stereocenters. The molecule has 2 amide bonds. The number of carbonyl (C=O) groups excluding carboxylic acids is 2. The highest BCUT2D eigenvalue weighted by Crippen LogP contribution is 2.21. The van der Waals surface area contributed by atoms with E-state index in [1.54, 1.807) is 6.92 Å². The third-order valence-electron chi connectivity index (χ3n) is 5.53. The van der Waals surface area contributed by atoms with Gasteiger partial charge in [0.1, 0.15) is 17.7 Å². The van der Waals surface area contributed by atoms with Crippen molar-refractivity contribution in [2.45, 2.75) is 89.7 Å². The Morgan fingerprint density at radius 2 is 1.52 bits per heavy atom. The average molecular weight is 487 g/mol. The van der Waals surface area contributed by atoms with Crippen LogP contribution < -0.4 is 10.6 Å². The molecule has 3 N–H and O–H groups in total. The molecule has 1 aromatic rings. The molecular weight excluding hydrogens is 447 g/mol. The molecule has 0 aliphatic carbocycles. The maximum absolute atomic E-state index is 14.3. The van der Waals surface area contributed by atoms with Crippen molar-refractivity contribution < 1.29 is 27.5 Å². The lowest BCUT2D eigenvalue weighted by Crippen LogP contribution is -2.36. The Morgan fingerprint density at radius 1 is 0.939 bits per heavy atom. The molecule has 0 aliphatic heterocycles. The van der Waals surface area contributed by atoms with Crippen LogP contribution in [0.4, 0.5) is 15.8 Å². The van der Waals surface area contributed by atoms with E-state index in [0.717, 1.165) is 25.3 Å². The minimum Gasteiger partial charge on any atom is -0.387 e. The summed E-state index contributed by atoms with van der Waals surface area (Å²) in [5.41, 5.74) is -0.0558. The molecule has 0 aliphatic rings. The van der Waals surface area contributed by atoms with Gasteiger partial charge in [0.15, 0.2) is 9.84 Å². The third-order valence-corrected chi connectivity index (χ3v) is 7.81. The zero-order chi connectivity index (χ0) is 24.7. The van der Waals surface area contributed by atoms with Crippen molar-refractivity contribution in [2.24, 2.45) is 0 Å². The summed E-state index contributed by atoms with van der Waals surface area (Å²) in [6, 6.07) is 3.58. The maximum Gasteiger partial charge on any atom is 0.250 e. The molecule has 33 heavy (non-hydrogen) atoms. The number of anilines is 2. The highest BCUT2D eigenvalue weighted by atomic mass is 32.2. The lowest BCUT2D eigenvalue weighted by Gasteiger charge is -2.16. The predicted molar refractivity (Wildman–Crippen MR) is 130 cm³/mol. The summed E-state index contributed by atoms with van der Waals surface area (Å²) in [5, 5.41) is 12.1. The summed E-state index contributed by atoms with van der Waals surface area (Å²) in [6.07, 6.45) is 10.9. The second-order valence-corrected chi connectivity index (χ2v) is 10.6. The summed E-state index contributed by atoms with van der Waals surface area (Å²) < 4.78 is 39.7. The van der Waals surface area contributed by atoms with E-state index in [1.165, 1.54) is 50.7 Å². The molecule has 7 nitrogen and oxygen atoms in total. The van der Waals surface area contributed by atoms with Gasteiger partial charge in [-0.1, -0.05) is 71.6 Å². The second kappa shape index (κ2) is 15.8. The van der Waals surface area contributed by atoms with E-state index in [1.807, 2.05) is 0 Å². The van der Waals surface area contributed by atoms with Crippen LogP contribution in [0.2, 0.25) is 0 Å². The van der Waals surface area contributed by atoms with E-state index in [-0.39, 0.29) is 23.5 Å². The molecule has 188 valence electrons. The molecule has 0 saturated heterocycles. The Morgan fingerprint density at radius 3 is 2.03 bits per heavy atom. The van der Waals surface area contributed by atoms with Gasteiger partial charge in [-0.2, -0.15) is 0 Å². The van der Waals surface area contributed by atoms with Crippen LogP contribution >= 0.6 is 0 Å². The first-order valence-electron chi connectivity index (χ1n) is 12.0. The van der Waals surface area contributed by atoms with Gasteiger partial charge < -0.3 is 15.7 Å². The number of aliphatic hydroxyl groups excluding tert-OH is 1. The average Bonchev–Trinajstić information content (AvgIpc) is 2.77. The van der Waals surface area contributed by atoms with Crippen LogP contribution in [0.5, 0.6) is 0 Å². The monoisotopic (exact) mass is 486 g/mol. The Balaban J connectivity index is 2.50. The SMILES string of the molecule is CCCCCCCCCCCCS(=O)(=O)C(CC)C(=O)Nc1ccc(NC(=O)CO)cc1F. The van der Waals surface area contributed by atoms with E-state index in [0.29, 0.717) is 6.42 Å². The fourth-order valence-corrected chi connectivity index (χ4v) is 5.43. The van der Waals surface area contributed by atoms with Gasteiger partial charge in [0.25, 0.3) is 0 Å². The number of rotatable bonds is 17. The fraction of sp³-hybridized carbons (Fsp3) is 0.667. The summed E-state index contributed by atoms with van der Waals surface area (Å²) in [7, 11) is -3.66. The molecule has 0 radical (unpaired) electrons. The van der Waals surface area contributed by atoms with E-state index in [2.05, 4.69) is 17.6 Å². The minimum atomic E-state index is -3.66. The zero-order valence-corrected chi connectivity index (χ0v) is 20.7. The first kappa shape index (κ1) is 29.0. The Bertz CT molecular complexity index is 845. The molecule has 1 atom stereocenters. The quantitative estimate of drug-likeness (QED) is 0.274. The second-order valence-electron chi connectivity index (χ2n) is 8.34. The molecular formula is C24H39FN2O5S. The number of amides is 2. The van der Waals surface area contributed by atoms with E-state index < -0.39 is 39.3 Å². The molecule has 1 rings (SSSR count). The normalized spacial score (nSPS) is 12.4. The molecule has 0 bridgehead atoms. The molecule has 0 fully saturated rings. The lowest BCUT2D eigenvalue weighted by atomic mass is 10.1. The third kappa shape index (κ3) is 11.1. The van der Waals surface area contributed by atoms with Crippen molar-refractivity contribution in [1.82, 2.24) is 0 Å². The number of unbranched alkanes of at least 4 members (excludes halogenated alkanes) is 9. The minimum absolute atomic E-state index is 0.0654. The van der Waals surface area contributed by atoms with Gasteiger partial charge in [0, 0.05) is 5.69 Å². The number of hydrogen-bond acceptors (Lipinski definition) is 5. The van der Waals surface area contributed by atoms with Crippen molar-refractivity contribution in [3.63, 3.8) is 0 Å². The number of benzene rings is 1. The first-order chi connectivity index (χ1) is 15.7. The fourth-order valence-electron chi connectivity index (χ4n) is 3.64. The Hall–Kier alpha value is -2.00. The molecule has 0 aromatic heterocycles. The van der Waals surface area contributed by atoms with Gasteiger partial charge in [-0.25, -0.2) is 12.8 Å². The highest BCUT2D eigenvalue weighted by Gasteiger charge is 2.30. The van der Waals surface area contributed by atoms with Crippen molar-refractivity contribution >= 4 is 33.0 Å². The van der Waals surface area contributed by atoms with Crippen LogP contribution in [-0.2, 0) is 19.4 Å². The molecule has 1 aromatic carbocycles. The smallest absolute Gasteiger partial charge is 0.250 e. The van der Waals surface area contributed by atoms with Crippen LogP contribution in [-0.4, -0.2) is 42.9 Å². The van der Waals surface area contributed by atoms with Gasteiger partial charge in [-0.3, -0.25) is 9.59 Å². The molecule has 0 spiro atoms.